The molecule has 1 amide bonds. The van der Waals surface area contributed by atoms with E-state index >= 15 is 0 Å². The Hall–Kier alpha value is -3.26. The number of nitrogens with zero attached hydrogens (tertiary/aromatic N) is 3. The predicted molar refractivity (Wildman–Crippen MR) is 107 cm³/mol. The minimum Gasteiger partial charge on any atom is -0.449 e. The Morgan fingerprint density at radius 3 is 2.93 bits per heavy atom. The highest BCUT2D eigenvalue weighted by molar-refractivity contribution is 6.32. The molecule has 9 heteroatoms. The molecule has 1 atom stereocenters. The molecule has 1 aromatic carbocycles. The molecule has 0 saturated heterocycles. The number of nitrogens with one attached hydrogen (secondary N) is 1. The van der Waals surface area contributed by atoms with E-state index in [0.29, 0.717) is 29.0 Å². The number of carbonyl (C=O) groups is 2. The molecule has 0 unspecified atom stereocenters. The standard InChI is InChI=1S/C20H17ClN4O4/c1-11(18(26)24-14-4-2-8-22-17(14)21)29-20(28)12-6-7-13-15(10-12)23-16-5-3-9-25(16)19(13)27/h2,4,6-8,10-11H,3,5,9H2,1H3,(H,24,26)/t11-/m1/s1. The van der Waals surface area contributed by atoms with Gasteiger partial charge in [0, 0.05) is 19.2 Å². The molecule has 2 aromatic heterocycles. The second kappa shape index (κ2) is 7.63. The largest absolute Gasteiger partial charge is 0.449 e. The fourth-order valence-corrected chi connectivity index (χ4v) is 3.37. The molecule has 0 aliphatic carbocycles. The predicted octanol–water partition coefficient (Wildman–Crippen LogP) is 2.58. The van der Waals surface area contributed by atoms with Crippen molar-refractivity contribution in [2.24, 2.45) is 0 Å². The first-order valence-electron chi connectivity index (χ1n) is 9.10. The Morgan fingerprint density at radius 1 is 1.31 bits per heavy atom. The number of pyridine rings is 1. The van der Waals surface area contributed by atoms with Crippen molar-refractivity contribution < 1.29 is 14.3 Å². The molecule has 3 heterocycles. The van der Waals surface area contributed by atoms with Crippen LogP contribution in [0.2, 0.25) is 5.15 Å². The lowest BCUT2D eigenvalue weighted by Crippen LogP contribution is -2.30. The van der Waals surface area contributed by atoms with Crippen molar-refractivity contribution in [1.29, 1.82) is 0 Å². The molecule has 0 fully saturated rings. The van der Waals surface area contributed by atoms with Crippen LogP contribution in [-0.2, 0) is 22.5 Å². The van der Waals surface area contributed by atoms with Gasteiger partial charge in [0.25, 0.3) is 11.5 Å². The molecule has 0 spiro atoms. The van der Waals surface area contributed by atoms with Gasteiger partial charge in [-0.2, -0.15) is 0 Å². The molecule has 29 heavy (non-hydrogen) atoms. The van der Waals surface area contributed by atoms with E-state index in [9.17, 15) is 14.4 Å². The first-order chi connectivity index (χ1) is 13.9. The van der Waals surface area contributed by atoms with Crippen molar-refractivity contribution in [2.45, 2.75) is 32.4 Å². The molecule has 148 valence electrons. The van der Waals surface area contributed by atoms with Crippen LogP contribution in [-0.4, -0.2) is 32.5 Å². The maximum atomic E-state index is 12.5. The first kappa shape index (κ1) is 19.1. The van der Waals surface area contributed by atoms with Crippen LogP contribution >= 0.6 is 11.6 Å². The topological polar surface area (TPSA) is 103 Å². The third-order valence-electron chi connectivity index (χ3n) is 4.72. The van der Waals surface area contributed by atoms with E-state index in [1.165, 1.54) is 25.3 Å². The zero-order chi connectivity index (χ0) is 20.5. The van der Waals surface area contributed by atoms with E-state index in [1.807, 2.05) is 0 Å². The number of benzene rings is 1. The number of anilines is 1. The van der Waals surface area contributed by atoms with Crippen LogP contribution < -0.4 is 10.9 Å². The minimum atomic E-state index is -1.06. The summed E-state index contributed by atoms with van der Waals surface area (Å²) in [5.41, 5.74) is 0.873. The smallest absolute Gasteiger partial charge is 0.338 e. The van der Waals surface area contributed by atoms with E-state index in [4.69, 9.17) is 16.3 Å². The van der Waals surface area contributed by atoms with Crippen molar-refractivity contribution in [3.05, 3.63) is 63.4 Å². The maximum absolute atomic E-state index is 12.5. The number of fused-ring (bicyclic) bond motifs is 2. The second-order valence-electron chi connectivity index (χ2n) is 6.70. The highest BCUT2D eigenvalue weighted by atomic mass is 35.5. The number of hydrogen-bond donors (Lipinski definition) is 1. The van der Waals surface area contributed by atoms with Gasteiger partial charge in [-0.15, -0.1) is 0 Å². The van der Waals surface area contributed by atoms with Crippen molar-refractivity contribution in [1.82, 2.24) is 14.5 Å². The van der Waals surface area contributed by atoms with Gasteiger partial charge in [-0.05, 0) is 43.7 Å². The summed E-state index contributed by atoms with van der Waals surface area (Å²) in [6.07, 6.45) is 2.04. The monoisotopic (exact) mass is 412 g/mol. The van der Waals surface area contributed by atoms with Crippen LogP contribution in [0, 0.1) is 0 Å². The number of esters is 1. The highest BCUT2D eigenvalue weighted by Crippen LogP contribution is 2.19. The second-order valence-corrected chi connectivity index (χ2v) is 7.06. The Kier molecular flexibility index (Phi) is 5.02. The number of carbonyl (C=O) groups excluding carboxylic acids is 2. The van der Waals surface area contributed by atoms with Crippen molar-refractivity contribution in [2.75, 3.05) is 5.32 Å². The van der Waals surface area contributed by atoms with Crippen LogP contribution in [0.3, 0.4) is 0 Å². The van der Waals surface area contributed by atoms with Gasteiger partial charge in [0.15, 0.2) is 11.3 Å². The van der Waals surface area contributed by atoms with Crippen LogP contribution in [0.15, 0.2) is 41.3 Å². The highest BCUT2D eigenvalue weighted by Gasteiger charge is 2.21. The van der Waals surface area contributed by atoms with Gasteiger partial charge in [-0.3, -0.25) is 14.2 Å². The summed E-state index contributed by atoms with van der Waals surface area (Å²) in [5, 5.41) is 3.15. The zero-order valence-corrected chi connectivity index (χ0v) is 16.3. The molecule has 1 N–H and O–H groups in total. The summed E-state index contributed by atoms with van der Waals surface area (Å²) >= 11 is 5.92. The van der Waals surface area contributed by atoms with Crippen LogP contribution in [0.5, 0.6) is 0 Å². The van der Waals surface area contributed by atoms with Crippen LogP contribution in [0.25, 0.3) is 10.9 Å². The SMILES string of the molecule is C[C@@H](OC(=O)c1ccc2c(=O)n3c(nc2c1)CCC3)C(=O)Nc1cccnc1Cl. The van der Waals surface area contributed by atoms with E-state index in [0.717, 1.165) is 12.8 Å². The van der Waals surface area contributed by atoms with Crippen LogP contribution in [0.4, 0.5) is 5.69 Å². The molecule has 0 saturated carbocycles. The maximum Gasteiger partial charge on any atom is 0.338 e. The first-order valence-corrected chi connectivity index (χ1v) is 9.47. The van der Waals surface area contributed by atoms with Gasteiger partial charge >= 0.3 is 5.97 Å². The van der Waals surface area contributed by atoms with Crippen molar-refractivity contribution >= 4 is 40.1 Å². The lowest BCUT2D eigenvalue weighted by molar-refractivity contribution is -0.123. The molecule has 3 aromatic rings. The summed E-state index contributed by atoms with van der Waals surface area (Å²) in [7, 11) is 0. The Labute approximate surface area is 170 Å². The Morgan fingerprint density at radius 2 is 2.14 bits per heavy atom. The summed E-state index contributed by atoms with van der Waals surface area (Å²) < 4.78 is 6.92. The molecular weight excluding hydrogens is 396 g/mol. The Bertz CT molecular complexity index is 1190. The lowest BCUT2D eigenvalue weighted by Gasteiger charge is -2.14. The normalized spacial score (nSPS) is 13.7. The molecule has 8 nitrogen and oxygen atoms in total. The fourth-order valence-electron chi connectivity index (χ4n) is 3.21. The summed E-state index contributed by atoms with van der Waals surface area (Å²) in [6.45, 7) is 2.12. The van der Waals surface area contributed by atoms with Gasteiger partial charge in [-0.25, -0.2) is 14.8 Å². The average molecular weight is 413 g/mol. The quantitative estimate of drug-likeness (QED) is 0.521. The average Bonchev–Trinajstić information content (AvgIpc) is 3.18. The van der Waals surface area contributed by atoms with E-state index in [2.05, 4.69) is 15.3 Å². The minimum absolute atomic E-state index is 0.108. The van der Waals surface area contributed by atoms with Crippen LogP contribution in [0.1, 0.15) is 29.5 Å². The molecule has 4 rings (SSSR count). The number of hydrogen-bond acceptors (Lipinski definition) is 6. The van der Waals surface area contributed by atoms with E-state index in [1.54, 1.807) is 22.8 Å². The number of rotatable bonds is 4. The molecule has 1 aliphatic heterocycles. The van der Waals surface area contributed by atoms with E-state index in [-0.39, 0.29) is 16.3 Å². The summed E-state index contributed by atoms with van der Waals surface area (Å²) in [5.74, 6) is -0.508. The number of aromatic nitrogens is 3. The Balaban J connectivity index is 1.51. The van der Waals surface area contributed by atoms with Gasteiger partial charge in [0.1, 0.15) is 5.82 Å². The lowest BCUT2D eigenvalue weighted by atomic mass is 10.1. The van der Waals surface area contributed by atoms with Gasteiger partial charge in [-0.1, -0.05) is 11.6 Å². The third-order valence-corrected chi connectivity index (χ3v) is 5.02. The van der Waals surface area contributed by atoms with Crippen molar-refractivity contribution in [3.63, 3.8) is 0 Å². The third kappa shape index (κ3) is 3.71. The molecule has 1 aliphatic rings. The molecule has 0 radical (unpaired) electrons. The van der Waals surface area contributed by atoms with Gasteiger partial charge in [0.05, 0.1) is 22.2 Å². The van der Waals surface area contributed by atoms with E-state index < -0.39 is 18.0 Å². The number of halogens is 1. The molecular formula is C20H17ClN4O4. The van der Waals surface area contributed by atoms with Crippen molar-refractivity contribution in [3.8, 4) is 0 Å². The van der Waals surface area contributed by atoms with Gasteiger partial charge < -0.3 is 10.1 Å². The summed E-state index contributed by atoms with van der Waals surface area (Å²) in [6, 6.07) is 7.79. The number of amides is 1. The zero-order valence-electron chi connectivity index (χ0n) is 15.5. The van der Waals surface area contributed by atoms with Gasteiger partial charge in [0.2, 0.25) is 0 Å². The fraction of sp³-hybridized carbons (Fsp3) is 0.250. The molecule has 0 bridgehead atoms. The number of aryl methyl sites for hydroxylation is 1. The summed E-state index contributed by atoms with van der Waals surface area (Å²) in [4.78, 5) is 45.6. The number of ether oxygens (including phenoxy) is 1.